The summed E-state index contributed by atoms with van der Waals surface area (Å²) < 4.78 is 3.32. The second-order valence-electron chi connectivity index (χ2n) is 3.84. The minimum absolute atomic E-state index is 1.20. The average Bonchev–Trinajstić information content (AvgIpc) is 2.29. The van der Waals surface area contributed by atoms with Crippen molar-refractivity contribution in [2.75, 3.05) is 0 Å². The van der Waals surface area contributed by atoms with E-state index in [0.717, 1.165) is 0 Å². The van der Waals surface area contributed by atoms with Gasteiger partial charge in [-0.3, -0.25) is 0 Å². The second-order valence-corrected chi connectivity index (χ2v) is 4.70. The van der Waals surface area contributed by atoms with E-state index in [1.165, 1.54) is 21.2 Å². The van der Waals surface area contributed by atoms with Gasteiger partial charge in [0.05, 0.1) is 0 Å². The maximum atomic E-state index is 3.19. The van der Waals surface area contributed by atoms with E-state index in [4.69, 9.17) is 0 Å². The molecule has 2 aromatic rings. The monoisotopic (exact) mass is 276 g/mol. The number of rotatable bonds is 2. The van der Waals surface area contributed by atoms with Gasteiger partial charge in [0.15, 0.2) is 0 Å². The Morgan fingerprint density at radius 2 is 1.75 bits per heavy atom. The summed E-state index contributed by atoms with van der Waals surface area (Å²) in [5.74, 6) is 0. The molecule has 0 amide bonds. The normalized spacial score (nSPS) is 10.1. The first-order chi connectivity index (χ1) is 7.70. The molecule has 0 aliphatic carbocycles. The predicted octanol–water partition coefficient (Wildman–Crippen LogP) is 1.56. The van der Waals surface area contributed by atoms with Crippen LogP contribution in [0.1, 0.15) is 16.8 Å². The third kappa shape index (κ3) is 2.13. The summed E-state index contributed by atoms with van der Waals surface area (Å²) in [6, 6.07) is 14.6. The van der Waals surface area contributed by atoms with Crippen molar-refractivity contribution in [3.05, 3.63) is 65.5 Å². The van der Waals surface area contributed by atoms with Gasteiger partial charge in [-0.25, -0.2) is 0 Å². The van der Waals surface area contributed by atoms with E-state index in [1.807, 2.05) is 6.07 Å². The molecule has 0 saturated carbocycles. The van der Waals surface area contributed by atoms with Crippen LogP contribution in [0.5, 0.6) is 0 Å². The number of nitrogens with zero attached hydrogens (tertiary/aromatic N) is 1. The van der Waals surface area contributed by atoms with Crippen molar-refractivity contribution >= 4 is 20.0 Å². The molecule has 2 heteroatoms. The minimum atomic E-state index is 1.20. The molecule has 1 aromatic heterocycles. The topological polar surface area (TPSA) is 3.88 Å². The Kier molecular flexibility index (Phi) is 3.33. The molecule has 1 aromatic carbocycles. The number of benzene rings is 1. The van der Waals surface area contributed by atoms with Crippen LogP contribution in [0.2, 0.25) is 0 Å². The number of hydrogen-bond donors (Lipinski definition) is 0. The first-order valence-electron chi connectivity index (χ1n) is 5.25. The zero-order chi connectivity index (χ0) is 11.5. The second kappa shape index (κ2) is 4.73. The van der Waals surface area contributed by atoms with Gasteiger partial charge in [0.1, 0.15) is 0 Å². The first-order valence-corrected chi connectivity index (χ1v) is 6.11. The number of hydrogen-bond acceptors (Lipinski definition) is 0. The molecule has 0 fully saturated rings. The molecule has 0 radical (unpaired) electrons. The van der Waals surface area contributed by atoms with Crippen LogP contribution in [-0.4, -0.2) is 20.0 Å². The molecule has 0 unspecified atom stereocenters. The van der Waals surface area contributed by atoms with Crippen molar-refractivity contribution < 1.29 is 4.57 Å². The van der Waals surface area contributed by atoms with Crippen LogP contribution >= 0.6 is 0 Å². The summed E-state index contributed by atoms with van der Waals surface area (Å²) in [4.78, 5) is 0. The molecule has 2 rings (SSSR count). The van der Waals surface area contributed by atoms with Crippen LogP contribution in [-0.2, 0) is 7.05 Å². The Morgan fingerprint density at radius 1 is 1.06 bits per heavy atom. The summed E-state index contributed by atoms with van der Waals surface area (Å²) in [6.45, 7) is 2.13. The summed E-state index contributed by atoms with van der Waals surface area (Å²) in [6.07, 6.45) is 2.06. The number of aryl methyl sites for hydroxylation is 2. The van der Waals surface area contributed by atoms with E-state index in [9.17, 15) is 0 Å². The van der Waals surface area contributed by atoms with Gasteiger partial charge < -0.3 is 0 Å². The van der Waals surface area contributed by atoms with E-state index >= 15 is 0 Å². The SMILES string of the molecule is Cc1ccccc1C(=[Se])c1cccc[n+]1C. The summed E-state index contributed by atoms with van der Waals surface area (Å²) in [5, 5.41) is 0. The molecular weight excluding hydrogens is 261 g/mol. The van der Waals surface area contributed by atoms with Gasteiger partial charge in [0.25, 0.3) is 0 Å². The summed E-state index contributed by atoms with van der Waals surface area (Å²) in [5.41, 5.74) is 3.77. The van der Waals surface area contributed by atoms with Crippen LogP contribution < -0.4 is 4.57 Å². The van der Waals surface area contributed by atoms with Gasteiger partial charge in [0.2, 0.25) is 0 Å². The molecule has 0 aliphatic rings. The van der Waals surface area contributed by atoms with Crippen LogP contribution in [0.3, 0.4) is 0 Å². The molecule has 80 valence electrons. The third-order valence-corrected chi connectivity index (χ3v) is 3.58. The zero-order valence-electron chi connectivity index (χ0n) is 9.47. The van der Waals surface area contributed by atoms with E-state index < -0.39 is 0 Å². The molecule has 0 spiro atoms. The van der Waals surface area contributed by atoms with Gasteiger partial charge in [0, 0.05) is 0 Å². The molecule has 1 heterocycles. The Morgan fingerprint density at radius 3 is 2.44 bits per heavy atom. The average molecular weight is 275 g/mol. The Hall–Kier alpha value is -1.24. The van der Waals surface area contributed by atoms with E-state index in [-0.39, 0.29) is 0 Å². The maximum absolute atomic E-state index is 3.19. The molecule has 16 heavy (non-hydrogen) atoms. The molecule has 0 bridgehead atoms. The Bertz CT molecular complexity index is 484. The molecule has 0 aliphatic heterocycles. The van der Waals surface area contributed by atoms with E-state index in [0.29, 0.717) is 0 Å². The summed E-state index contributed by atoms with van der Waals surface area (Å²) in [7, 11) is 2.06. The van der Waals surface area contributed by atoms with Gasteiger partial charge in [-0.2, -0.15) is 0 Å². The molecular formula is C14H14NSe+. The molecule has 0 N–H and O–H groups in total. The van der Waals surface area contributed by atoms with Gasteiger partial charge in [-0.15, -0.1) is 0 Å². The Labute approximate surface area is 104 Å². The molecule has 0 saturated heterocycles. The first kappa shape index (κ1) is 11.3. The standard InChI is InChI=1S/C14H14NSe/c1-11-7-3-4-8-12(11)14(16)13-9-5-6-10-15(13)2/h3-10H,1-2H3/q+1. The Balaban J connectivity index is 2.48. The van der Waals surface area contributed by atoms with Crippen LogP contribution in [0.15, 0.2) is 48.7 Å². The van der Waals surface area contributed by atoms with Crippen molar-refractivity contribution in [1.82, 2.24) is 0 Å². The van der Waals surface area contributed by atoms with Crippen molar-refractivity contribution in [1.29, 1.82) is 0 Å². The van der Waals surface area contributed by atoms with Crippen molar-refractivity contribution in [3.8, 4) is 0 Å². The number of pyridine rings is 1. The van der Waals surface area contributed by atoms with Crippen molar-refractivity contribution in [2.24, 2.45) is 7.05 Å². The van der Waals surface area contributed by atoms with Crippen molar-refractivity contribution in [2.45, 2.75) is 6.92 Å². The summed E-state index contributed by atoms with van der Waals surface area (Å²) >= 11 is 3.19. The third-order valence-electron chi connectivity index (χ3n) is 2.68. The molecule has 0 atom stereocenters. The van der Waals surface area contributed by atoms with Gasteiger partial charge >= 0.3 is 104 Å². The van der Waals surface area contributed by atoms with Gasteiger partial charge in [-0.05, 0) is 0 Å². The zero-order valence-corrected chi connectivity index (χ0v) is 11.2. The van der Waals surface area contributed by atoms with Gasteiger partial charge in [-0.1, -0.05) is 0 Å². The number of aromatic nitrogens is 1. The van der Waals surface area contributed by atoms with E-state index in [2.05, 4.69) is 76.7 Å². The molecule has 1 nitrogen and oxygen atoms in total. The fourth-order valence-electron chi connectivity index (χ4n) is 1.72. The fourth-order valence-corrected chi connectivity index (χ4v) is 2.65. The quantitative estimate of drug-likeness (QED) is 0.578. The predicted molar refractivity (Wildman–Crippen MR) is 67.8 cm³/mol. The fraction of sp³-hybridized carbons (Fsp3) is 0.143. The van der Waals surface area contributed by atoms with Crippen LogP contribution in [0.25, 0.3) is 0 Å². The van der Waals surface area contributed by atoms with Crippen LogP contribution in [0.4, 0.5) is 0 Å². The van der Waals surface area contributed by atoms with E-state index in [1.54, 1.807) is 0 Å². The van der Waals surface area contributed by atoms with Crippen LogP contribution in [0, 0.1) is 6.92 Å². The van der Waals surface area contributed by atoms with Crippen molar-refractivity contribution in [3.63, 3.8) is 0 Å².